The SMILES string of the molecule is CCNc1cc(N2C[C@@H](C)O[C@@H](C)C2)ncn1. The third kappa shape index (κ3) is 3.06. The summed E-state index contributed by atoms with van der Waals surface area (Å²) in [4.78, 5) is 10.8. The number of anilines is 2. The lowest BCUT2D eigenvalue weighted by Crippen LogP contribution is -2.45. The van der Waals surface area contributed by atoms with Gasteiger partial charge in [-0.2, -0.15) is 0 Å². The molecule has 5 heteroatoms. The molecule has 1 saturated heterocycles. The second kappa shape index (κ2) is 5.31. The van der Waals surface area contributed by atoms with Crippen molar-refractivity contribution in [3.63, 3.8) is 0 Å². The van der Waals surface area contributed by atoms with Gasteiger partial charge in [0.15, 0.2) is 0 Å². The van der Waals surface area contributed by atoms with E-state index in [0.29, 0.717) is 0 Å². The van der Waals surface area contributed by atoms with E-state index in [9.17, 15) is 0 Å². The van der Waals surface area contributed by atoms with Crippen molar-refractivity contribution in [1.29, 1.82) is 0 Å². The number of nitrogens with one attached hydrogen (secondary N) is 1. The topological polar surface area (TPSA) is 50.3 Å². The summed E-state index contributed by atoms with van der Waals surface area (Å²) in [7, 11) is 0. The highest BCUT2D eigenvalue weighted by Crippen LogP contribution is 2.19. The highest BCUT2D eigenvalue weighted by atomic mass is 16.5. The van der Waals surface area contributed by atoms with E-state index in [1.165, 1.54) is 0 Å². The van der Waals surface area contributed by atoms with Crippen molar-refractivity contribution in [3.8, 4) is 0 Å². The minimum Gasteiger partial charge on any atom is -0.372 e. The monoisotopic (exact) mass is 236 g/mol. The molecular formula is C12H20N4O. The van der Waals surface area contributed by atoms with Crippen LogP contribution in [0.3, 0.4) is 0 Å². The molecule has 0 aliphatic carbocycles. The first-order chi connectivity index (χ1) is 8.19. The number of aromatic nitrogens is 2. The van der Waals surface area contributed by atoms with Crippen molar-refractivity contribution in [2.75, 3.05) is 29.9 Å². The Kier molecular flexibility index (Phi) is 3.78. The van der Waals surface area contributed by atoms with E-state index in [2.05, 4.69) is 41.0 Å². The average Bonchev–Trinajstić information content (AvgIpc) is 2.28. The summed E-state index contributed by atoms with van der Waals surface area (Å²) >= 11 is 0. The standard InChI is InChI=1S/C12H20N4O/c1-4-13-11-5-12(15-8-14-11)16-6-9(2)17-10(3)7-16/h5,8-10H,4,6-7H2,1-3H3,(H,13,14,15)/t9-,10+. The lowest BCUT2D eigenvalue weighted by atomic mass is 10.2. The third-order valence-corrected chi connectivity index (χ3v) is 2.75. The Labute approximate surface area is 102 Å². The van der Waals surface area contributed by atoms with E-state index in [1.54, 1.807) is 6.33 Å². The van der Waals surface area contributed by atoms with Gasteiger partial charge in [-0.25, -0.2) is 9.97 Å². The molecule has 94 valence electrons. The Morgan fingerprint density at radius 3 is 2.71 bits per heavy atom. The zero-order valence-corrected chi connectivity index (χ0v) is 10.7. The highest BCUT2D eigenvalue weighted by molar-refractivity contribution is 5.48. The predicted molar refractivity (Wildman–Crippen MR) is 68.4 cm³/mol. The zero-order chi connectivity index (χ0) is 12.3. The number of morpholine rings is 1. The molecule has 0 aromatic carbocycles. The molecule has 2 atom stereocenters. The first-order valence-electron chi connectivity index (χ1n) is 6.15. The van der Waals surface area contributed by atoms with E-state index in [0.717, 1.165) is 31.3 Å². The van der Waals surface area contributed by atoms with Crippen molar-refractivity contribution in [1.82, 2.24) is 9.97 Å². The van der Waals surface area contributed by atoms with Gasteiger partial charge in [-0.05, 0) is 20.8 Å². The molecule has 0 saturated carbocycles. The van der Waals surface area contributed by atoms with Crippen LogP contribution in [0.15, 0.2) is 12.4 Å². The van der Waals surface area contributed by atoms with E-state index in [4.69, 9.17) is 4.74 Å². The molecule has 5 nitrogen and oxygen atoms in total. The zero-order valence-electron chi connectivity index (χ0n) is 10.7. The summed E-state index contributed by atoms with van der Waals surface area (Å²) in [5, 5.41) is 3.20. The Bertz CT molecular complexity index is 361. The Morgan fingerprint density at radius 2 is 2.06 bits per heavy atom. The van der Waals surface area contributed by atoms with Gasteiger partial charge in [-0.1, -0.05) is 0 Å². The molecule has 0 spiro atoms. The lowest BCUT2D eigenvalue weighted by Gasteiger charge is -2.36. The van der Waals surface area contributed by atoms with Gasteiger partial charge in [0.1, 0.15) is 18.0 Å². The van der Waals surface area contributed by atoms with Crippen LogP contribution >= 0.6 is 0 Å². The maximum absolute atomic E-state index is 5.71. The van der Waals surface area contributed by atoms with Crippen LogP contribution < -0.4 is 10.2 Å². The van der Waals surface area contributed by atoms with Crippen LogP contribution in [0.2, 0.25) is 0 Å². The molecule has 0 amide bonds. The summed E-state index contributed by atoms with van der Waals surface area (Å²) in [6, 6.07) is 1.99. The molecule has 1 aliphatic rings. The molecule has 0 unspecified atom stereocenters. The largest absolute Gasteiger partial charge is 0.372 e. The predicted octanol–water partition coefficient (Wildman–Crippen LogP) is 1.52. The van der Waals surface area contributed by atoms with Gasteiger partial charge in [0, 0.05) is 25.7 Å². The molecular weight excluding hydrogens is 216 g/mol. The number of hydrogen-bond acceptors (Lipinski definition) is 5. The highest BCUT2D eigenvalue weighted by Gasteiger charge is 2.23. The quantitative estimate of drug-likeness (QED) is 0.862. The molecule has 0 bridgehead atoms. The van der Waals surface area contributed by atoms with E-state index in [1.807, 2.05) is 6.07 Å². The van der Waals surface area contributed by atoms with Crippen molar-refractivity contribution in [3.05, 3.63) is 12.4 Å². The first kappa shape index (κ1) is 12.1. The van der Waals surface area contributed by atoms with E-state index >= 15 is 0 Å². The smallest absolute Gasteiger partial charge is 0.134 e. The van der Waals surface area contributed by atoms with Crippen LogP contribution in [0, 0.1) is 0 Å². The van der Waals surface area contributed by atoms with Gasteiger partial charge in [0.05, 0.1) is 12.2 Å². The van der Waals surface area contributed by atoms with Crippen molar-refractivity contribution >= 4 is 11.6 Å². The molecule has 17 heavy (non-hydrogen) atoms. The molecule has 2 heterocycles. The van der Waals surface area contributed by atoms with Gasteiger partial charge in [-0.15, -0.1) is 0 Å². The molecule has 0 radical (unpaired) electrons. The molecule has 1 aromatic rings. The second-order valence-electron chi connectivity index (χ2n) is 4.45. The van der Waals surface area contributed by atoms with Crippen LogP contribution in [0.5, 0.6) is 0 Å². The van der Waals surface area contributed by atoms with Crippen LogP contribution in [-0.4, -0.2) is 41.8 Å². The molecule has 1 aliphatic heterocycles. The average molecular weight is 236 g/mol. The van der Waals surface area contributed by atoms with Crippen LogP contribution in [0.25, 0.3) is 0 Å². The fraction of sp³-hybridized carbons (Fsp3) is 0.667. The van der Waals surface area contributed by atoms with Gasteiger partial charge in [0.25, 0.3) is 0 Å². The van der Waals surface area contributed by atoms with Crippen LogP contribution in [0.1, 0.15) is 20.8 Å². The summed E-state index contributed by atoms with van der Waals surface area (Å²) < 4.78 is 5.71. The van der Waals surface area contributed by atoms with Crippen molar-refractivity contribution in [2.24, 2.45) is 0 Å². The molecule has 1 N–H and O–H groups in total. The van der Waals surface area contributed by atoms with Crippen LogP contribution in [0.4, 0.5) is 11.6 Å². The second-order valence-corrected chi connectivity index (χ2v) is 4.45. The maximum Gasteiger partial charge on any atom is 0.134 e. The van der Waals surface area contributed by atoms with Crippen molar-refractivity contribution in [2.45, 2.75) is 33.0 Å². The number of ether oxygens (including phenoxy) is 1. The summed E-state index contributed by atoms with van der Waals surface area (Å²) in [5.74, 6) is 1.85. The summed E-state index contributed by atoms with van der Waals surface area (Å²) in [6.45, 7) is 8.87. The van der Waals surface area contributed by atoms with Crippen LogP contribution in [-0.2, 0) is 4.74 Å². The van der Waals surface area contributed by atoms with Gasteiger partial charge in [-0.3, -0.25) is 0 Å². The molecule has 1 aromatic heterocycles. The summed E-state index contributed by atoms with van der Waals surface area (Å²) in [6.07, 6.45) is 2.10. The van der Waals surface area contributed by atoms with Gasteiger partial charge >= 0.3 is 0 Å². The number of rotatable bonds is 3. The van der Waals surface area contributed by atoms with Crippen molar-refractivity contribution < 1.29 is 4.74 Å². The van der Waals surface area contributed by atoms with Gasteiger partial charge < -0.3 is 15.0 Å². The number of nitrogens with zero attached hydrogens (tertiary/aromatic N) is 3. The minimum absolute atomic E-state index is 0.247. The van der Waals surface area contributed by atoms with E-state index < -0.39 is 0 Å². The Balaban J connectivity index is 2.12. The maximum atomic E-state index is 5.71. The van der Waals surface area contributed by atoms with E-state index in [-0.39, 0.29) is 12.2 Å². The Morgan fingerprint density at radius 1 is 1.35 bits per heavy atom. The first-order valence-corrected chi connectivity index (χ1v) is 6.15. The minimum atomic E-state index is 0.247. The number of hydrogen-bond donors (Lipinski definition) is 1. The fourth-order valence-corrected chi connectivity index (χ4v) is 2.16. The molecule has 2 rings (SSSR count). The third-order valence-electron chi connectivity index (χ3n) is 2.75. The summed E-state index contributed by atoms with van der Waals surface area (Å²) in [5.41, 5.74) is 0. The molecule has 1 fully saturated rings. The fourth-order valence-electron chi connectivity index (χ4n) is 2.16. The Hall–Kier alpha value is -1.36. The lowest BCUT2D eigenvalue weighted by molar-refractivity contribution is -0.00546. The normalized spacial score (nSPS) is 24.8. The van der Waals surface area contributed by atoms with Gasteiger partial charge in [0.2, 0.25) is 0 Å².